The number of ether oxygens (including phenoxy) is 1. The van der Waals surface area contributed by atoms with Crippen molar-refractivity contribution in [3.63, 3.8) is 0 Å². The van der Waals surface area contributed by atoms with E-state index in [9.17, 15) is 19.5 Å². The Balaban J connectivity index is 1.87. The minimum absolute atomic E-state index is 0.0209. The predicted molar refractivity (Wildman–Crippen MR) is 117 cm³/mol. The van der Waals surface area contributed by atoms with Crippen LogP contribution in [0.2, 0.25) is 0 Å². The zero-order chi connectivity index (χ0) is 23.4. The van der Waals surface area contributed by atoms with Gasteiger partial charge in [-0.15, -0.1) is 0 Å². The molecule has 32 heavy (non-hydrogen) atoms. The summed E-state index contributed by atoms with van der Waals surface area (Å²) in [5.41, 5.74) is -1.24. The molecule has 174 valence electrons. The Hall–Kier alpha value is -2.45. The molecule has 0 radical (unpaired) electrons. The van der Waals surface area contributed by atoms with Crippen molar-refractivity contribution in [2.45, 2.75) is 63.4 Å². The van der Waals surface area contributed by atoms with Crippen molar-refractivity contribution < 1.29 is 24.2 Å². The Labute approximate surface area is 188 Å². The van der Waals surface area contributed by atoms with Gasteiger partial charge in [-0.3, -0.25) is 14.4 Å². The first-order chi connectivity index (χ1) is 15.1. The number of nitrogens with zero attached hydrogens (tertiary/aromatic N) is 1. The van der Waals surface area contributed by atoms with Crippen LogP contribution < -0.4 is 10.6 Å². The molecular formula is C24H33N3O5. The Kier molecular flexibility index (Phi) is 5.57. The van der Waals surface area contributed by atoms with Crippen LogP contribution in [0.1, 0.15) is 45.7 Å². The molecule has 7 atom stereocenters. The molecule has 3 aliphatic heterocycles. The number of aliphatic hydroxyl groups excluding tert-OH is 1. The van der Waals surface area contributed by atoms with E-state index in [4.69, 9.17) is 4.74 Å². The van der Waals surface area contributed by atoms with Gasteiger partial charge < -0.3 is 25.4 Å². The minimum atomic E-state index is -1.12. The lowest BCUT2D eigenvalue weighted by Crippen LogP contribution is -2.57. The standard InChI is InChI=1S/C24H33N3O5/c1-13(2)26-21(30)19-24-11-14(3)23(4,32-24)17(20(29)25-5)18(24)22(31)27(19)16(12-28)15-9-7-6-8-10-15/h6-10,13-14,16-19,28H,11-12H2,1-5H3,(H,25,29)(H,26,30)/t14?,16-,17-,18+,19?,23+,24?/m1/s1. The monoisotopic (exact) mass is 443 g/mol. The molecule has 4 rings (SSSR count). The van der Waals surface area contributed by atoms with Gasteiger partial charge in [0.15, 0.2) is 0 Å². The highest BCUT2D eigenvalue weighted by Crippen LogP contribution is 2.65. The van der Waals surface area contributed by atoms with E-state index >= 15 is 0 Å². The van der Waals surface area contributed by atoms with Crippen LogP contribution in [-0.4, -0.2) is 64.7 Å². The number of nitrogens with one attached hydrogen (secondary N) is 2. The fourth-order valence-corrected chi connectivity index (χ4v) is 6.26. The molecule has 2 bridgehead atoms. The van der Waals surface area contributed by atoms with E-state index in [2.05, 4.69) is 10.6 Å². The molecule has 3 amide bonds. The molecule has 8 heteroatoms. The quantitative estimate of drug-likeness (QED) is 0.608. The maximum absolute atomic E-state index is 14.0. The fourth-order valence-electron chi connectivity index (χ4n) is 6.26. The number of benzene rings is 1. The number of likely N-dealkylation sites (tertiary alicyclic amines) is 1. The van der Waals surface area contributed by atoms with Gasteiger partial charge in [-0.05, 0) is 38.7 Å². The third-order valence-electron chi connectivity index (χ3n) is 7.65. The van der Waals surface area contributed by atoms with Gasteiger partial charge in [-0.1, -0.05) is 37.3 Å². The Morgan fingerprint density at radius 2 is 1.91 bits per heavy atom. The second kappa shape index (κ2) is 7.85. The van der Waals surface area contributed by atoms with Gasteiger partial charge in [0.05, 0.1) is 30.1 Å². The SMILES string of the molecule is CNC(=O)[C@H]1[C@H]2C(=O)N([C@H](CO)c3ccccc3)C(C(=O)NC(C)C)C23CC(C)[C@]1(C)O3. The molecule has 1 spiro atoms. The van der Waals surface area contributed by atoms with Crippen molar-refractivity contribution in [2.24, 2.45) is 17.8 Å². The first kappa shape index (κ1) is 22.7. The average molecular weight is 444 g/mol. The molecule has 3 aliphatic rings. The summed E-state index contributed by atoms with van der Waals surface area (Å²) in [7, 11) is 1.55. The highest BCUT2D eigenvalue weighted by atomic mass is 16.5. The maximum Gasteiger partial charge on any atom is 0.246 e. The van der Waals surface area contributed by atoms with Crippen molar-refractivity contribution in [2.75, 3.05) is 13.7 Å². The van der Waals surface area contributed by atoms with Gasteiger partial charge in [-0.25, -0.2) is 0 Å². The number of hydrogen-bond donors (Lipinski definition) is 3. The summed E-state index contributed by atoms with van der Waals surface area (Å²) in [6, 6.07) is 7.38. The summed E-state index contributed by atoms with van der Waals surface area (Å²) in [6.07, 6.45) is 0.493. The minimum Gasteiger partial charge on any atom is -0.394 e. The van der Waals surface area contributed by atoms with Crippen molar-refractivity contribution >= 4 is 17.7 Å². The molecule has 3 heterocycles. The predicted octanol–water partition coefficient (Wildman–Crippen LogP) is 1.00. The normalized spacial score (nSPS) is 36.3. The number of amides is 3. The van der Waals surface area contributed by atoms with Gasteiger partial charge in [0.1, 0.15) is 11.6 Å². The van der Waals surface area contributed by atoms with E-state index in [0.29, 0.717) is 6.42 Å². The molecule has 0 saturated carbocycles. The van der Waals surface area contributed by atoms with Gasteiger partial charge >= 0.3 is 0 Å². The number of fused-ring (bicyclic) bond motifs is 1. The summed E-state index contributed by atoms with van der Waals surface area (Å²) < 4.78 is 6.60. The number of rotatable bonds is 6. The van der Waals surface area contributed by atoms with Crippen molar-refractivity contribution in [3.05, 3.63) is 35.9 Å². The largest absolute Gasteiger partial charge is 0.394 e. The van der Waals surface area contributed by atoms with Crippen molar-refractivity contribution in [3.8, 4) is 0 Å². The second-order valence-electron chi connectivity index (χ2n) is 9.84. The molecule has 3 N–H and O–H groups in total. The van der Waals surface area contributed by atoms with Gasteiger partial charge in [0.2, 0.25) is 17.7 Å². The van der Waals surface area contributed by atoms with Crippen LogP contribution in [0.4, 0.5) is 0 Å². The summed E-state index contributed by atoms with van der Waals surface area (Å²) >= 11 is 0. The Bertz CT molecular complexity index is 921. The number of hydrogen-bond acceptors (Lipinski definition) is 5. The van der Waals surface area contributed by atoms with Crippen LogP contribution >= 0.6 is 0 Å². The van der Waals surface area contributed by atoms with Crippen molar-refractivity contribution in [1.29, 1.82) is 0 Å². The molecule has 1 aromatic carbocycles. The molecule has 3 fully saturated rings. The van der Waals surface area contributed by atoms with Crippen LogP contribution in [0.25, 0.3) is 0 Å². The number of carbonyl (C=O) groups is 3. The lowest BCUT2D eigenvalue weighted by molar-refractivity contribution is -0.151. The van der Waals surface area contributed by atoms with E-state index in [-0.39, 0.29) is 36.3 Å². The zero-order valence-electron chi connectivity index (χ0n) is 19.3. The van der Waals surface area contributed by atoms with E-state index < -0.39 is 35.1 Å². The molecule has 1 aromatic rings. The number of aliphatic hydroxyl groups is 1. The highest BCUT2D eigenvalue weighted by Gasteiger charge is 2.80. The Morgan fingerprint density at radius 3 is 2.47 bits per heavy atom. The second-order valence-corrected chi connectivity index (χ2v) is 9.84. The molecule has 8 nitrogen and oxygen atoms in total. The van der Waals surface area contributed by atoms with Gasteiger partial charge in [0.25, 0.3) is 0 Å². The maximum atomic E-state index is 14.0. The molecular weight excluding hydrogens is 410 g/mol. The summed E-state index contributed by atoms with van der Waals surface area (Å²) in [6.45, 7) is 7.26. The highest BCUT2D eigenvalue weighted by molar-refractivity contribution is 5.99. The van der Waals surface area contributed by atoms with E-state index in [0.717, 1.165) is 5.56 Å². The smallest absolute Gasteiger partial charge is 0.246 e. The first-order valence-corrected chi connectivity index (χ1v) is 11.3. The number of carbonyl (C=O) groups excluding carboxylic acids is 3. The average Bonchev–Trinajstić information content (AvgIpc) is 3.26. The third kappa shape index (κ3) is 2.99. The zero-order valence-corrected chi connectivity index (χ0v) is 19.3. The summed E-state index contributed by atoms with van der Waals surface area (Å²) in [5, 5.41) is 16.0. The molecule has 0 aromatic heterocycles. The summed E-state index contributed by atoms with van der Waals surface area (Å²) in [5.74, 6) is -2.42. The van der Waals surface area contributed by atoms with Crippen LogP contribution in [0.3, 0.4) is 0 Å². The van der Waals surface area contributed by atoms with Crippen LogP contribution in [0.5, 0.6) is 0 Å². The van der Waals surface area contributed by atoms with Crippen LogP contribution in [-0.2, 0) is 19.1 Å². The van der Waals surface area contributed by atoms with E-state index in [1.54, 1.807) is 7.05 Å². The Morgan fingerprint density at radius 1 is 1.25 bits per heavy atom. The molecule has 3 saturated heterocycles. The van der Waals surface area contributed by atoms with E-state index in [1.165, 1.54) is 4.90 Å². The lowest BCUT2D eigenvalue weighted by atomic mass is 9.62. The van der Waals surface area contributed by atoms with Gasteiger partial charge in [0, 0.05) is 13.1 Å². The third-order valence-corrected chi connectivity index (χ3v) is 7.65. The molecule has 0 aliphatic carbocycles. The van der Waals surface area contributed by atoms with Crippen LogP contribution in [0.15, 0.2) is 30.3 Å². The molecule has 3 unspecified atom stereocenters. The van der Waals surface area contributed by atoms with Crippen molar-refractivity contribution in [1.82, 2.24) is 15.5 Å². The van der Waals surface area contributed by atoms with Crippen LogP contribution in [0, 0.1) is 17.8 Å². The fraction of sp³-hybridized carbons (Fsp3) is 0.625. The lowest BCUT2D eigenvalue weighted by Gasteiger charge is -2.37. The topological polar surface area (TPSA) is 108 Å². The first-order valence-electron chi connectivity index (χ1n) is 11.3. The summed E-state index contributed by atoms with van der Waals surface area (Å²) in [4.78, 5) is 42.1. The van der Waals surface area contributed by atoms with Gasteiger partial charge in [-0.2, -0.15) is 0 Å². The van der Waals surface area contributed by atoms with E-state index in [1.807, 2.05) is 58.0 Å².